The Morgan fingerprint density at radius 1 is 1.43 bits per heavy atom. The first kappa shape index (κ1) is 20.1. The van der Waals surface area contributed by atoms with E-state index in [0.717, 1.165) is 9.35 Å². The quantitative estimate of drug-likeness (QED) is 0.304. The predicted octanol–water partition coefficient (Wildman–Crippen LogP) is 2.94. The summed E-state index contributed by atoms with van der Waals surface area (Å²) in [5.41, 5.74) is 6.70. The smallest absolute Gasteiger partial charge is 0.252 e. The van der Waals surface area contributed by atoms with Gasteiger partial charge in [-0.15, -0.1) is 10.2 Å². The van der Waals surface area contributed by atoms with Crippen LogP contribution in [0.5, 0.6) is 5.75 Å². The van der Waals surface area contributed by atoms with Gasteiger partial charge < -0.3 is 15.8 Å². The van der Waals surface area contributed by atoms with E-state index in [1.54, 1.807) is 18.2 Å². The lowest BCUT2D eigenvalue weighted by molar-refractivity contribution is 0.417. The largest absolute Gasteiger partial charge is 0.495 e. The maximum Gasteiger partial charge on any atom is 0.252 e. The number of aromatic nitrogens is 4. The molecule has 0 aliphatic heterocycles. The molecule has 0 fully saturated rings. The van der Waals surface area contributed by atoms with Gasteiger partial charge in [0.15, 0.2) is 4.34 Å². The second kappa shape index (κ2) is 9.04. The Morgan fingerprint density at radius 3 is 2.96 bits per heavy atom. The van der Waals surface area contributed by atoms with Crippen LogP contribution >= 0.6 is 34.7 Å². The number of halogens is 1. The van der Waals surface area contributed by atoms with Crippen molar-refractivity contribution < 1.29 is 4.74 Å². The highest BCUT2D eigenvalue weighted by atomic mass is 35.5. The molecule has 12 heteroatoms. The highest BCUT2D eigenvalue weighted by molar-refractivity contribution is 8.00. The number of H-pyrrole nitrogens is 1. The number of hydrogen-bond donors (Lipinski definition) is 3. The molecular formula is C16H16ClN7O2S2. The lowest BCUT2D eigenvalue weighted by Crippen LogP contribution is -2.23. The molecule has 2 aromatic heterocycles. The molecule has 0 amide bonds. The first-order valence-electron chi connectivity index (χ1n) is 7.91. The fraction of sp³-hybridized carbons (Fsp3) is 0.188. The number of hydrogen-bond acceptors (Lipinski definition) is 8. The summed E-state index contributed by atoms with van der Waals surface area (Å²) in [6.07, 6.45) is 0. The van der Waals surface area contributed by atoms with Gasteiger partial charge in [0, 0.05) is 16.8 Å². The second-order valence-corrected chi connectivity index (χ2v) is 8.24. The van der Waals surface area contributed by atoms with Crippen LogP contribution in [0.15, 0.2) is 38.4 Å². The molecule has 146 valence electrons. The molecule has 0 bridgehead atoms. The Morgan fingerprint density at radius 2 is 2.25 bits per heavy atom. The van der Waals surface area contributed by atoms with Crippen LogP contribution in [0.25, 0.3) is 0 Å². The van der Waals surface area contributed by atoms with E-state index in [2.05, 4.69) is 30.5 Å². The number of nitrogens with two attached hydrogens (primary N) is 1. The number of nitrogens with zero attached hydrogens (tertiary/aromatic N) is 4. The monoisotopic (exact) mass is 437 g/mol. The third kappa shape index (κ3) is 5.44. The Labute approximate surface area is 173 Å². The molecule has 3 rings (SSSR count). The third-order valence-corrected chi connectivity index (χ3v) is 5.52. The van der Waals surface area contributed by atoms with Crippen molar-refractivity contribution in [1.82, 2.24) is 20.2 Å². The topological polar surface area (TPSA) is 131 Å². The van der Waals surface area contributed by atoms with Crippen LogP contribution in [0, 0.1) is 6.92 Å². The van der Waals surface area contributed by atoms with Crippen molar-refractivity contribution >= 4 is 52.3 Å². The van der Waals surface area contributed by atoms with Gasteiger partial charge in [0.05, 0.1) is 18.5 Å². The molecule has 4 N–H and O–H groups in total. The van der Waals surface area contributed by atoms with Crippen molar-refractivity contribution in [3.05, 3.63) is 50.3 Å². The van der Waals surface area contributed by atoms with E-state index in [9.17, 15) is 4.79 Å². The van der Waals surface area contributed by atoms with Gasteiger partial charge in [-0.2, -0.15) is 4.99 Å². The van der Waals surface area contributed by atoms with E-state index in [0.29, 0.717) is 27.9 Å². The van der Waals surface area contributed by atoms with Crippen molar-refractivity contribution in [1.29, 1.82) is 0 Å². The van der Waals surface area contributed by atoms with Gasteiger partial charge in [-0.25, -0.2) is 4.98 Å². The van der Waals surface area contributed by atoms with Crippen molar-refractivity contribution in [3.63, 3.8) is 0 Å². The first-order chi connectivity index (χ1) is 13.4. The minimum Gasteiger partial charge on any atom is -0.495 e. The Hall–Kier alpha value is -2.63. The number of anilines is 1. The van der Waals surface area contributed by atoms with E-state index in [1.165, 1.54) is 36.3 Å². The maximum atomic E-state index is 11.9. The van der Waals surface area contributed by atoms with E-state index in [1.807, 2.05) is 6.92 Å². The number of thioether (sulfide) groups is 1. The number of nitrogens with one attached hydrogen (secondary N) is 2. The van der Waals surface area contributed by atoms with E-state index in [4.69, 9.17) is 22.1 Å². The van der Waals surface area contributed by atoms with Gasteiger partial charge in [-0.1, -0.05) is 34.7 Å². The highest BCUT2D eigenvalue weighted by Crippen LogP contribution is 2.28. The molecule has 0 aliphatic carbocycles. The van der Waals surface area contributed by atoms with Crippen molar-refractivity contribution in [2.75, 3.05) is 12.4 Å². The average Bonchev–Trinajstić information content (AvgIpc) is 3.05. The Kier molecular flexibility index (Phi) is 6.49. The minimum absolute atomic E-state index is 0.0215. The van der Waals surface area contributed by atoms with Crippen molar-refractivity contribution in [2.24, 2.45) is 10.7 Å². The number of ether oxygens (including phenoxy) is 1. The molecule has 0 aliphatic rings. The predicted molar refractivity (Wildman–Crippen MR) is 112 cm³/mol. The molecular weight excluding hydrogens is 422 g/mol. The zero-order chi connectivity index (χ0) is 20.1. The molecule has 0 spiro atoms. The van der Waals surface area contributed by atoms with Gasteiger partial charge in [-0.3, -0.25) is 9.78 Å². The number of guanidine groups is 1. The van der Waals surface area contributed by atoms with Crippen LogP contribution in [-0.2, 0) is 5.75 Å². The number of methoxy groups -OCH3 is 1. The van der Waals surface area contributed by atoms with Crippen LogP contribution in [0.3, 0.4) is 0 Å². The Bertz CT molecular complexity index is 1070. The second-order valence-electron chi connectivity index (χ2n) is 5.40. The zero-order valence-electron chi connectivity index (χ0n) is 14.9. The van der Waals surface area contributed by atoms with Gasteiger partial charge in [-0.05, 0) is 25.1 Å². The molecule has 0 atom stereocenters. The van der Waals surface area contributed by atoms with Crippen molar-refractivity contribution in [3.8, 4) is 5.75 Å². The van der Waals surface area contributed by atoms with Crippen molar-refractivity contribution in [2.45, 2.75) is 17.0 Å². The van der Waals surface area contributed by atoms with E-state index >= 15 is 0 Å². The summed E-state index contributed by atoms with van der Waals surface area (Å²) in [5, 5.41) is 12.3. The van der Waals surface area contributed by atoms with Crippen LogP contribution in [0.4, 0.5) is 11.6 Å². The SMILES string of the molecule is COc1ccc(Cl)cc1N/C(N)=N/c1nc(CSc2nnc(C)s2)cc(=O)[nH]1. The molecule has 28 heavy (non-hydrogen) atoms. The number of rotatable bonds is 6. The van der Waals surface area contributed by atoms with Crippen LogP contribution in [-0.4, -0.2) is 33.2 Å². The van der Waals surface area contributed by atoms with Crippen LogP contribution in [0.1, 0.15) is 10.7 Å². The zero-order valence-corrected chi connectivity index (χ0v) is 17.3. The fourth-order valence-electron chi connectivity index (χ4n) is 2.15. The lowest BCUT2D eigenvalue weighted by atomic mass is 10.3. The Balaban J connectivity index is 1.76. The molecule has 0 saturated carbocycles. The third-order valence-electron chi connectivity index (χ3n) is 3.28. The number of aryl methyl sites for hydroxylation is 1. The van der Waals surface area contributed by atoms with Crippen LogP contribution in [0.2, 0.25) is 5.02 Å². The first-order valence-corrected chi connectivity index (χ1v) is 10.1. The number of aromatic amines is 1. The molecule has 0 radical (unpaired) electrons. The molecule has 3 aromatic rings. The molecule has 0 unspecified atom stereocenters. The average molecular weight is 438 g/mol. The summed E-state index contributed by atoms with van der Waals surface area (Å²) in [5.74, 6) is 1.11. The molecule has 9 nitrogen and oxygen atoms in total. The van der Waals surface area contributed by atoms with Gasteiger partial charge in [0.1, 0.15) is 10.8 Å². The minimum atomic E-state index is -0.328. The van der Waals surface area contributed by atoms with E-state index < -0.39 is 0 Å². The summed E-state index contributed by atoms with van der Waals surface area (Å²) in [6, 6.07) is 6.45. The standard InChI is InChI=1S/C16H16ClN7O2S2/c1-8-23-24-16(28-8)27-7-10-6-13(25)21-15(19-10)22-14(18)20-11-5-9(17)3-4-12(11)26-2/h3-6H,7H2,1-2H3,(H4,18,19,20,21,22,25). The van der Waals surface area contributed by atoms with Gasteiger partial charge in [0.25, 0.3) is 5.56 Å². The van der Waals surface area contributed by atoms with Gasteiger partial charge in [0.2, 0.25) is 11.9 Å². The highest BCUT2D eigenvalue weighted by Gasteiger charge is 2.08. The molecule has 1 aromatic carbocycles. The number of aliphatic imine (C=N–C) groups is 1. The molecule has 2 heterocycles. The van der Waals surface area contributed by atoms with E-state index in [-0.39, 0.29) is 17.5 Å². The summed E-state index contributed by atoms with van der Waals surface area (Å²) in [7, 11) is 1.53. The fourth-order valence-corrected chi connectivity index (χ4v) is 4.03. The van der Waals surface area contributed by atoms with Gasteiger partial charge >= 0.3 is 0 Å². The summed E-state index contributed by atoms with van der Waals surface area (Å²) in [4.78, 5) is 22.9. The number of benzene rings is 1. The summed E-state index contributed by atoms with van der Waals surface area (Å²) < 4.78 is 6.05. The lowest BCUT2D eigenvalue weighted by Gasteiger charge is -2.10. The summed E-state index contributed by atoms with van der Waals surface area (Å²) in [6.45, 7) is 1.88. The summed E-state index contributed by atoms with van der Waals surface area (Å²) >= 11 is 8.92. The van der Waals surface area contributed by atoms with Crippen LogP contribution < -0.4 is 21.3 Å². The maximum absolute atomic E-state index is 11.9. The normalized spacial score (nSPS) is 11.5. The molecule has 0 saturated heterocycles.